The number of benzene rings is 2. The average molecular weight is 532 g/mol. The molecular weight excluding hydrogens is 507 g/mol. The number of piperidine rings is 2. The first-order chi connectivity index (χ1) is 17.5. The van der Waals surface area contributed by atoms with Gasteiger partial charge in [0, 0.05) is 37.0 Å². The lowest BCUT2D eigenvalue weighted by Crippen LogP contribution is -2.42. The molecule has 37 heavy (non-hydrogen) atoms. The van der Waals surface area contributed by atoms with Crippen LogP contribution in [0.25, 0.3) is 10.9 Å². The maximum atomic E-state index is 12.8. The van der Waals surface area contributed by atoms with Gasteiger partial charge in [0.1, 0.15) is 5.15 Å². The Labute approximate surface area is 216 Å². The largest absolute Gasteiger partial charge is 0.416 e. The minimum absolute atomic E-state index is 0.213. The molecule has 2 saturated heterocycles. The number of likely N-dealkylation sites (tertiary alicyclic amines) is 1. The molecule has 0 saturated carbocycles. The summed E-state index contributed by atoms with van der Waals surface area (Å²) >= 11 is 6.38. The molecule has 0 aliphatic carbocycles. The number of hydrogen-bond donors (Lipinski definition) is 2. The molecular formula is C27H25ClF3N3O3. The van der Waals surface area contributed by atoms with Crippen LogP contribution in [-0.2, 0) is 27.9 Å². The molecule has 0 bridgehead atoms. The van der Waals surface area contributed by atoms with Gasteiger partial charge in [-0.15, -0.1) is 0 Å². The molecule has 2 aromatic carbocycles. The molecule has 3 heterocycles. The molecule has 1 atom stereocenters. The number of hydrogen-bond acceptors (Lipinski definition) is 5. The summed E-state index contributed by atoms with van der Waals surface area (Å²) in [5.41, 5.74) is 0.958. The van der Waals surface area contributed by atoms with Gasteiger partial charge in [0.2, 0.25) is 11.8 Å². The van der Waals surface area contributed by atoms with Crippen LogP contribution in [0.5, 0.6) is 0 Å². The minimum atomic E-state index is -4.36. The Balaban J connectivity index is 1.30. The smallest absolute Gasteiger partial charge is 0.385 e. The molecule has 5 rings (SSSR count). The van der Waals surface area contributed by atoms with Crippen LogP contribution in [0.15, 0.2) is 48.5 Å². The molecule has 1 unspecified atom stereocenters. The molecule has 2 fully saturated rings. The number of aromatic nitrogens is 1. The Morgan fingerprint density at radius 1 is 1.08 bits per heavy atom. The number of rotatable bonds is 4. The van der Waals surface area contributed by atoms with Crippen LogP contribution >= 0.6 is 11.6 Å². The second kappa shape index (κ2) is 9.70. The summed E-state index contributed by atoms with van der Waals surface area (Å²) < 4.78 is 38.4. The SMILES string of the molecule is O=C1CCC(c2cc3cc(C4(O)CCN(Cc5ccc(C(F)(F)F)cc5)CC4)ccc3nc2Cl)C(=O)N1. The third-order valence-electron chi connectivity index (χ3n) is 7.32. The van der Waals surface area contributed by atoms with Crippen molar-refractivity contribution in [1.82, 2.24) is 15.2 Å². The fourth-order valence-corrected chi connectivity index (χ4v) is 5.40. The van der Waals surface area contributed by atoms with Crippen molar-refractivity contribution in [1.29, 1.82) is 0 Å². The lowest BCUT2D eigenvalue weighted by Gasteiger charge is -2.38. The zero-order valence-corrected chi connectivity index (χ0v) is 20.6. The lowest BCUT2D eigenvalue weighted by atomic mass is 9.83. The average Bonchev–Trinajstić information content (AvgIpc) is 2.85. The van der Waals surface area contributed by atoms with E-state index in [0.717, 1.165) is 28.6 Å². The molecule has 3 aromatic rings. The molecule has 2 N–H and O–H groups in total. The zero-order chi connectivity index (χ0) is 26.4. The van der Waals surface area contributed by atoms with E-state index in [-0.39, 0.29) is 17.5 Å². The number of carbonyl (C=O) groups excluding carboxylic acids is 2. The summed E-state index contributed by atoms with van der Waals surface area (Å²) in [6.07, 6.45) is -2.85. The molecule has 0 radical (unpaired) electrons. The van der Waals surface area contributed by atoms with Crippen molar-refractivity contribution in [3.05, 3.63) is 75.9 Å². The highest BCUT2D eigenvalue weighted by molar-refractivity contribution is 6.31. The van der Waals surface area contributed by atoms with Crippen molar-refractivity contribution in [2.45, 2.75) is 49.9 Å². The van der Waals surface area contributed by atoms with Crippen molar-refractivity contribution >= 4 is 34.3 Å². The Morgan fingerprint density at radius 3 is 2.43 bits per heavy atom. The van der Waals surface area contributed by atoms with Gasteiger partial charge in [-0.3, -0.25) is 19.8 Å². The molecule has 2 amide bonds. The molecule has 194 valence electrons. The van der Waals surface area contributed by atoms with Crippen LogP contribution < -0.4 is 5.32 Å². The predicted molar refractivity (Wildman–Crippen MR) is 132 cm³/mol. The van der Waals surface area contributed by atoms with Gasteiger partial charge in [0.25, 0.3) is 0 Å². The minimum Gasteiger partial charge on any atom is -0.385 e. The number of nitrogens with one attached hydrogen (secondary N) is 1. The van der Waals surface area contributed by atoms with Crippen LogP contribution in [0.1, 0.15) is 53.9 Å². The summed E-state index contributed by atoms with van der Waals surface area (Å²) in [6, 6.07) is 12.4. The fraction of sp³-hybridized carbons (Fsp3) is 0.370. The van der Waals surface area contributed by atoms with Crippen LogP contribution in [0.4, 0.5) is 13.2 Å². The Kier molecular flexibility index (Phi) is 6.72. The lowest BCUT2D eigenvalue weighted by molar-refractivity contribution is -0.138. The van der Waals surface area contributed by atoms with Gasteiger partial charge in [-0.1, -0.05) is 29.8 Å². The number of halogens is 4. The number of aliphatic hydroxyl groups is 1. The molecule has 1 aromatic heterocycles. The molecule has 2 aliphatic rings. The summed E-state index contributed by atoms with van der Waals surface area (Å²) in [5.74, 6) is -1.27. The Morgan fingerprint density at radius 2 is 1.78 bits per heavy atom. The molecule has 0 spiro atoms. The number of imide groups is 1. The Bertz CT molecular complexity index is 1350. The zero-order valence-electron chi connectivity index (χ0n) is 19.8. The molecule has 6 nitrogen and oxygen atoms in total. The van der Waals surface area contributed by atoms with Crippen LogP contribution in [0, 0.1) is 0 Å². The van der Waals surface area contributed by atoms with E-state index >= 15 is 0 Å². The highest BCUT2D eigenvalue weighted by Gasteiger charge is 2.35. The van der Waals surface area contributed by atoms with E-state index in [9.17, 15) is 27.9 Å². The highest BCUT2D eigenvalue weighted by atomic mass is 35.5. The summed E-state index contributed by atoms with van der Waals surface area (Å²) in [7, 11) is 0. The predicted octanol–water partition coefficient (Wildman–Crippen LogP) is 4.91. The standard InChI is InChI=1S/C27H25ClF3N3O3/c28-24-21(20-6-8-23(35)33-25(20)36)14-17-13-19(5-7-22(17)32-24)26(37)9-11-34(12-10-26)15-16-1-3-18(4-2-16)27(29,30)31/h1-5,7,13-14,20,37H,6,8-12,15H2,(H,33,35,36). The number of nitrogens with zero attached hydrogens (tertiary/aromatic N) is 2. The van der Waals surface area contributed by atoms with Gasteiger partial charge in [-0.05, 0) is 60.7 Å². The number of pyridine rings is 1. The van der Waals surface area contributed by atoms with Crippen molar-refractivity contribution in [3.8, 4) is 0 Å². The maximum absolute atomic E-state index is 12.8. The second-order valence-electron chi connectivity index (χ2n) is 9.78. The van der Waals surface area contributed by atoms with Crippen LogP contribution in [0.3, 0.4) is 0 Å². The first kappa shape index (κ1) is 25.6. The van der Waals surface area contributed by atoms with E-state index in [1.54, 1.807) is 12.1 Å². The van der Waals surface area contributed by atoms with Gasteiger partial charge in [-0.25, -0.2) is 4.98 Å². The van der Waals surface area contributed by atoms with E-state index < -0.39 is 29.2 Å². The van der Waals surface area contributed by atoms with Gasteiger partial charge < -0.3 is 5.11 Å². The van der Waals surface area contributed by atoms with Crippen molar-refractivity contribution in [3.63, 3.8) is 0 Å². The summed E-state index contributed by atoms with van der Waals surface area (Å²) in [5, 5.41) is 14.8. The first-order valence-electron chi connectivity index (χ1n) is 12.1. The second-order valence-corrected chi connectivity index (χ2v) is 10.1. The third-order valence-corrected chi connectivity index (χ3v) is 7.62. The van der Waals surface area contributed by atoms with E-state index in [2.05, 4.69) is 15.2 Å². The quantitative estimate of drug-likeness (QED) is 0.369. The van der Waals surface area contributed by atoms with E-state index in [0.29, 0.717) is 50.0 Å². The normalized spacial score (nSPS) is 20.7. The monoisotopic (exact) mass is 531 g/mol. The van der Waals surface area contributed by atoms with Crippen LogP contribution in [-0.4, -0.2) is 39.9 Å². The summed E-state index contributed by atoms with van der Waals surface area (Å²) in [6.45, 7) is 1.66. The number of amides is 2. The first-order valence-corrected chi connectivity index (χ1v) is 12.4. The third kappa shape index (κ3) is 5.35. The molecule has 2 aliphatic heterocycles. The van der Waals surface area contributed by atoms with E-state index in [4.69, 9.17) is 11.6 Å². The molecule has 10 heteroatoms. The number of carbonyl (C=O) groups is 2. The van der Waals surface area contributed by atoms with Crippen molar-refractivity contribution < 1.29 is 27.9 Å². The summed E-state index contributed by atoms with van der Waals surface area (Å²) in [4.78, 5) is 30.4. The Hall–Kier alpha value is -3.01. The van der Waals surface area contributed by atoms with Crippen LogP contribution in [0.2, 0.25) is 5.15 Å². The maximum Gasteiger partial charge on any atom is 0.416 e. The fourth-order valence-electron chi connectivity index (χ4n) is 5.12. The number of alkyl halides is 3. The topological polar surface area (TPSA) is 82.5 Å². The van der Waals surface area contributed by atoms with Crippen molar-refractivity contribution in [2.75, 3.05) is 13.1 Å². The van der Waals surface area contributed by atoms with Gasteiger partial charge >= 0.3 is 6.18 Å². The van der Waals surface area contributed by atoms with E-state index in [1.165, 1.54) is 12.1 Å². The van der Waals surface area contributed by atoms with Crippen molar-refractivity contribution in [2.24, 2.45) is 0 Å². The van der Waals surface area contributed by atoms with Gasteiger partial charge in [0.05, 0.1) is 22.6 Å². The number of fused-ring (bicyclic) bond motifs is 1. The van der Waals surface area contributed by atoms with E-state index in [1.807, 2.05) is 12.1 Å². The highest BCUT2D eigenvalue weighted by Crippen LogP contribution is 2.37. The van der Waals surface area contributed by atoms with Gasteiger partial charge in [-0.2, -0.15) is 13.2 Å². The van der Waals surface area contributed by atoms with Gasteiger partial charge in [0.15, 0.2) is 0 Å².